The number of nitrogens with two attached hydrogens (primary N) is 1. The van der Waals surface area contributed by atoms with E-state index in [4.69, 9.17) is 15.2 Å². The lowest BCUT2D eigenvalue weighted by atomic mass is 9.83. The van der Waals surface area contributed by atoms with Gasteiger partial charge in [-0.1, -0.05) is 19.1 Å². The zero-order valence-corrected chi connectivity index (χ0v) is 11.9. The third-order valence-corrected chi connectivity index (χ3v) is 4.10. The molecule has 0 saturated carbocycles. The Morgan fingerprint density at radius 1 is 1.60 bits per heavy atom. The van der Waals surface area contributed by atoms with Gasteiger partial charge in [-0.2, -0.15) is 0 Å². The number of ether oxygens (including phenoxy) is 2. The first kappa shape index (κ1) is 14.8. The first-order chi connectivity index (χ1) is 9.53. The van der Waals surface area contributed by atoms with Crippen molar-refractivity contribution >= 4 is 5.97 Å². The molecular formula is C15H21NO4. The quantitative estimate of drug-likeness (QED) is 0.855. The Morgan fingerprint density at radius 3 is 2.85 bits per heavy atom. The maximum Gasteiger partial charge on any atom is 0.336 e. The summed E-state index contributed by atoms with van der Waals surface area (Å²) in [6.45, 7) is 2.77. The van der Waals surface area contributed by atoms with E-state index in [1.807, 2.05) is 25.1 Å². The molecule has 2 unspecified atom stereocenters. The van der Waals surface area contributed by atoms with Crippen LogP contribution in [-0.4, -0.2) is 30.4 Å². The van der Waals surface area contributed by atoms with Crippen LogP contribution < -0.4 is 10.5 Å². The van der Waals surface area contributed by atoms with Gasteiger partial charge in [-0.05, 0) is 24.0 Å². The molecule has 1 fully saturated rings. The van der Waals surface area contributed by atoms with E-state index in [1.165, 1.54) is 0 Å². The second-order valence-corrected chi connectivity index (χ2v) is 5.26. The smallest absolute Gasteiger partial charge is 0.336 e. The highest BCUT2D eigenvalue weighted by atomic mass is 16.5. The van der Waals surface area contributed by atoms with Crippen LogP contribution in [0.1, 0.15) is 24.5 Å². The first-order valence-electron chi connectivity index (χ1n) is 6.76. The highest BCUT2D eigenvalue weighted by Crippen LogP contribution is 2.36. The summed E-state index contributed by atoms with van der Waals surface area (Å²) in [4.78, 5) is 11.6. The Balaban J connectivity index is 2.30. The highest BCUT2D eigenvalue weighted by molar-refractivity contribution is 5.78. The molecule has 1 saturated heterocycles. The number of carbonyl (C=O) groups is 1. The van der Waals surface area contributed by atoms with Crippen molar-refractivity contribution in [1.82, 2.24) is 0 Å². The van der Waals surface area contributed by atoms with E-state index in [2.05, 4.69) is 0 Å². The maximum absolute atomic E-state index is 11.6. The van der Waals surface area contributed by atoms with Crippen LogP contribution in [0.5, 0.6) is 5.75 Å². The van der Waals surface area contributed by atoms with Crippen molar-refractivity contribution in [2.75, 3.05) is 13.7 Å². The third-order valence-electron chi connectivity index (χ3n) is 4.10. The van der Waals surface area contributed by atoms with Crippen LogP contribution in [0, 0.1) is 5.92 Å². The predicted octanol–water partition coefficient (Wildman–Crippen LogP) is 1.58. The van der Waals surface area contributed by atoms with Crippen molar-refractivity contribution in [1.29, 1.82) is 0 Å². The minimum absolute atomic E-state index is 0.0107. The summed E-state index contributed by atoms with van der Waals surface area (Å²) in [7, 11) is 1.59. The van der Waals surface area contributed by atoms with Gasteiger partial charge in [-0.25, -0.2) is 4.79 Å². The summed E-state index contributed by atoms with van der Waals surface area (Å²) in [6, 6.07) is 5.60. The molecule has 0 radical (unpaired) electrons. The van der Waals surface area contributed by atoms with Gasteiger partial charge in [0.25, 0.3) is 0 Å². The normalized spacial score (nSPS) is 25.6. The Bertz CT molecular complexity index is 503. The van der Waals surface area contributed by atoms with Gasteiger partial charge in [0.1, 0.15) is 5.75 Å². The standard InChI is InChI=1S/C15H21NO4/c1-10-5-6-20-15(10,14(17)18)8-11-3-4-13(19-2)12(7-11)9-16/h3-4,7,10H,5-6,8-9,16H2,1-2H3,(H,17,18). The van der Waals surface area contributed by atoms with E-state index in [-0.39, 0.29) is 5.92 Å². The summed E-state index contributed by atoms with van der Waals surface area (Å²) in [5.74, 6) is -0.183. The monoisotopic (exact) mass is 279 g/mol. The zero-order valence-electron chi connectivity index (χ0n) is 11.9. The molecule has 3 N–H and O–H groups in total. The second-order valence-electron chi connectivity index (χ2n) is 5.26. The number of hydrogen-bond donors (Lipinski definition) is 2. The summed E-state index contributed by atoms with van der Waals surface area (Å²) in [5, 5.41) is 9.55. The lowest BCUT2D eigenvalue weighted by Gasteiger charge is -2.28. The summed E-state index contributed by atoms with van der Waals surface area (Å²) in [5.41, 5.74) is 6.35. The molecule has 2 atom stereocenters. The number of aliphatic carboxylic acids is 1. The van der Waals surface area contributed by atoms with Gasteiger partial charge in [-0.3, -0.25) is 0 Å². The van der Waals surface area contributed by atoms with E-state index < -0.39 is 11.6 Å². The van der Waals surface area contributed by atoms with Gasteiger partial charge in [0.15, 0.2) is 5.60 Å². The molecule has 0 aliphatic carbocycles. The molecule has 1 aromatic carbocycles. The van der Waals surface area contributed by atoms with Gasteiger partial charge in [0, 0.05) is 25.1 Å². The molecule has 0 bridgehead atoms. The number of methoxy groups -OCH3 is 1. The number of hydrogen-bond acceptors (Lipinski definition) is 4. The zero-order chi connectivity index (χ0) is 14.8. The second kappa shape index (κ2) is 5.81. The highest BCUT2D eigenvalue weighted by Gasteiger charge is 2.48. The van der Waals surface area contributed by atoms with Crippen LogP contribution in [0.4, 0.5) is 0 Å². The number of benzene rings is 1. The lowest BCUT2D eigenvalue weighted by Crippen LogP contribution is -2.45. The van der Waals surface area contributed by atoms with Crippen molar-refractivity contribution in [3.63, 3.8) is 0 Å². The van der Waals surface area contributed by atoms with E-state index in [0.717, 1.165) is 23.3 Å². The lowest BCUT2D eigenvalue weighted by molar-refractivity contribution is -0.163. The minimum atomic E-state index is -1.12. The van der Waals surface area contributed by atoms with Gasteiger partial charge >= 0.3 is 5.97 Å². The Labute approximate surface area is 118 Å². The minimum Gasteiger partial charge on any atom is -0.496 e. The Kier molecular flexibility index (Phi) is 4.30. The fourth-order valence-corrected chi connectivity index (χ4v) is 2.77. The maximum atomic E-state index is 11.6. The summed E-state index contributed by atoms with van der Waals surface area (Å²) >= 11 is 0. The third kappa shape index (κ3) is 2.51. The summed E-state index contributed by atoms with van der Waals surface area (Å²) < 4.78 is 10.8. The fraction of sp³-hybridized carbons (Fsp3) is 0.533. The average molecular weight is 279 g/mol. The van der Waals surface area contributed by atoms with Gasteiger partial charge in [0.2, 0.25) is 0 Å². The van der Waals surface area contributed by atoms with Crippen molar-refractivity contribution < 1.29 is 19.4 Å². The largest absolute Gasteiger partial charge is 0.496 e. The molecule has 5 nitrogen and oxygen atoms in total. The van der Waals surface area contributed by atoms with Crippen LogP contribution in [0.2, 0.25) is 0 Å². The molecule has 0 spiro atoms. The van der Waals surface area contributed by atoms with Gasteiger partial charge in [0.05, 0.1) is 7.11 Å². The van der Waals surface area contributed by atoms with Crippen molar-refractivity contribution in [3.05, 3.63) is 29.3 Å². The van der Waals surface area contributed by atoms with E-state index >= 15 is 0 Å². The Morgan fingerprint density at radius 2 is 2.35 bits per heavy atom. The fourth-order valence-electron chi connectivity index (χ4n) is 2.77. The molecule has 0 aromatic heterocycles. The molecule has 0 amide bonds. The average Bonchev–Trinajstić information content (AvgIpc) is 2.81. The van der Waals surface area contributed by atoms with Crippen molar-refractivity contribution in [2.24, 2.45) is 11.7 Å². The van der Waals surface area contributed by atoms with Crippen molar-refractivity contribution in [2.45, 2.75) is 31.9 Å². The molecule has 1 aromatic rings. The summed E-state index contributed by atoms with van der Waals surface area (Å²) in [6.07, 6.45) is 1.12. The topological polar surface area (TPSA) is 81.8 Å². The van der Waals surface area contributed by atoms with Crippen LogP contribution in [0.3, 0.4) is 0 Å². The number of carboxylic acid groups (broad SMARTS) is 1. The Hall–Kier alpha value is -1.59. The van der Waals surface area contributed by atoms with E-state index in [1.54, 1.807) is 7.11 Å². The number of rotatable bonds is 5. The molecule has 2 rings (SSSR count). The molecule has 1 heterocycles. The molecule has 110 valence electrons. The van der Waals surface area contributed by atoms with Crippen LogP contribution in [0.15, 0.2) is 18.2 Å². The van der Waals surface area contributed by atoms with Gasteiger partial charge < -0.3 is 20.3 Å². The molecule has 1 aliphatic rings. The van der Waals surface area contributed by atoms with E-state index in [0.29, 0.717) is 19.6 Å². The van der Waals surface area contributed by atoms with Crippen LogP contribution in [-0.2, 0) is 22.5 Å². The molecule has 1 aliphatic heterocycles. The van der Waals surface area contributed by atoms with Crippen LogP contribution in [0.25, 0.3) is 0 Å². The molecule has 20 heavy (non-hydrogen) atoms. The van der Waals surface area contributed by atoms with Crippen molar-refractivity contribution in [3.8, 4) is 5.75 Å². The predicted molar refractivity (Wildman–Crippen MR) is 74.7 cm³/mol. The van der Waals surface area contributed by atoms with E-state index in [9.17, 15) is 9.90 Å². The van der Waals surface area contributed by atoms with Gasteiger partial charge in [-0.15, -0.1) is 0 Å². The SMILES string of the molecule is COc1ccc(CC2(C(=O)O)OCCC2C)cc1CN. The number of carboxylic acids is 1. The molecular weight excluding hydrogens is 258 g/mol. The first-order valence-corrected chi connectivity index (χ1v) is 6.76. The molecule has 5 heteroatoms. The van der Waals surface area contributed by atoms with Crippen LogP contribution >= 0.6 is 0 Å².